The fourth-order valence-electron chi connectivity index (χ4n) is 5.50. The first kappa shape index (κ1) is 31.5. The third kappa shape index (κ3) is 7.22. The predicted octanol–water partition coefficient (Wildman–Crippen LogP) is 3.87. The molecule has 2 aromatic carbocycles. The molecule has 0 heterocycles. The molecule has 0 aromatic heterocycles. The molecule has 0 bridgehead atoms. The molecule has 35 heavy (non-hydrogen) atoms. The summed E-state index contributed by atoms with van der Waals surface area (Å²) in [7, 11) is 0.0226. The molecule has 2 unspecified atom stereocenters. The molecule has 2 aliphatic carbocycles. The van der Waals surface area contributed by atoms with Crippen molar-refractivity contribution in [1.29, 1.82) is 0 Å². The zero-order valence-electron chi connectivity index (χ0n) is 21.7. The number of rotatable bonds is 12. The molecule has 2 atom stereocenters. The zero-order chi connectivity index (χ0) is 23.2. The molecule has 2 aliphatic rings. The third-order valence-corrected chi connectivity index (χ3v) is 18.9. The average Bonchev–Trinajstić information content (AvgIpc) is 3.38. The number of fused-ring (bicyclic) bond motifs is 2. The van der Waals surface area contributed by atoms with Crippen molar-refractivity contribution in [3.05, 3.63) is 81.4 Å². The van der Waals surface area contributed by atoms with Crippen molar-refractivity contribution < 1.29 is 48.0 Å². The van der Waals surface area contributed by atoms with Gasteiger partial charge in [0.15, 0.2) is 0 Å². The Kier molecular flexibility index (Phi) is 14.0. The third-order valence-electron chi connectivity index (χ3n) is 6.85. The first-order chi connectivity index (χ1) is 16.2. The van der Waals surface area contributed by atoms with Crippen molar-refractivity contribution in [1.82, 2.24) is 0 Å². The van der Waals surface area contributed by atoms with Crippen molar-refractivity contribution in [3.63, 3.8) is 0 Å². The van der Waals surface area contributed by atoms with E-state index >= 15 is 0 Å². The molecule has 0 saturated heterocycles. The van der Waals surface area contributed by atoms with E-state index in [0.29, 0.717) is 0 Å². The van der Waals surface area contributed by atoms with Gasteiger partial charge in [0.05, 0.1) is 0 Å². The normalized spacial score (nSPS) is 17.8. The predicted molar refractivity (Wildman–Crippen MR) is 149 cm³/mol. The molecule has 4 rings (SSSR count). The number of hydrogen-bond donors (Lipinski definition) is 0. The van der Waals surface area contributed by atoms with E-state index < -0.39 is 23.2 Å². The first-order valence-electron chi connectivity index (χ1n) is 13.1. The van der Waals surface area contributed by atoms with Crippen LogP contribution in [0.3, 0.4) is 0 Å². The Labute approximate surface area is 241 Å². The summed E-state index contributed by atoms with van der Waals surface area (Å²) in [5.41, 5.74) is 6.44. The summed E-state index contributed by atoms with van der Waals surface area (Å²) < 4.78 is 1.54. The van der Waals surface area contributed by atoms with Gasteiger partial charge in [-0.05, 0) is 0 Å². The van der Waals surface area contributed by atoms with Gasteiger partial charge in [0.1, 0.15) is 0 Å². The average molecular weight is 625 g/mol. The SMILES string of the molecule is CCCP(CCC)C1=Cc2ccccc2[CH]1[Zr+2][CH]1C(P(CCC)CCC)=Cc2ccccc21.[Cl-].[Cl-]. The minimum absolute atomic E-state index is 0. The second kappa shape index (κ2) is 15.6. The molecule has 5 heteroatoms. The number of halogens is 2. The summed E-state index contributed by atoms with van der Waals surface area (Å²) in [5.74, 6) is 0. The maximum absolute atomic E-state index is 2.66. The van der Waals surface area contributed by atoms with Gasteiger partial charge in [-0.15, -0.1) is 0 Å². The Morgan fingerprint density at radius 2 is 0.914 bits per heavy atom. The quantitative estimate of drug-likeness (QED) is 0.315. The fraction of sp³-hybridized carbons (Fsp3) is 0.467. The Morgan fingerprint density at radius 3 is 1.26 bits per heavy atom. The van der Waals surface area contributed by atoms with Gasteiger partial charge in [-0.2, -0.15) is 0 Å². The van der Waals surface area contributed by atoms with Gasteiger partial charge in [0.2, 0.25) is 0 Å². The molecular weight excluding hydrogens is 584 g/mol. The van der Waals surface area contributed by atoms with Crippen molar-refractivity contribution >= 4 is 28.0 Å². The molecule has 2 aromatic rings. The summed E-state index contributed by atoms with van der Waals surface area (Å²) in [6.07, 6.45) is 16.3. The number of allylic oxidation sites excluding steroid dienone is 2. The van der Waals surface area contributed by atoms with Crippen LogP contribution in [0.1, 0.15) is 82.9 Å². The van der Waals surface area contributed by atoms with E-state index in [1.54, 1.807) is 22.3 Å². The van der Waals surface area contributed by atoms with Crippen LogP contribution in [0.15, 0.2) is 59.2 Å². The minimum atomic E-state index is -0.781. The van der Waals surface area contributed by atoms with Crippen LogP contribution >= 0.6 is 15.8 Å². The van der Waals surface area contributed by atoms with Gasteiger partial charge in [-0.3, -0.25) is 0 Å². The van der Waals surface area contributed by atoms with Crippen molar-refractivity contribution in [2.45, 2.75) is 60.6 Å². The zero-order valence-corrected chi connectivity index (χ0v) is 27.5. The van der Waals surface area contributed by atoms with Crippen LogP contribution in [0.2, 0.25) is 0 Å². The van der Waals surface area contributed by atoms with E-state index in [1.807, 2.05) is 10.6 Å². The molecule has 0 aliphatic heterocycles. The van der Waals surface area contributed by atoms with E-state index in [-0.39, 0.29) is 40.7 Å². The summed E-state index contributed by atoms with van der Waals surface area (Å²) >= 11 is -0.781. The van der Waals surface area contributed by atoms with Gasteiger partial charge in [0, 0.05) is 0 Å². The van der Waals surface area contributed by atoms with Crippen LogP contribution in [0.25, 0.3) is 12.2 Å². The largest absolute Gasteiger partial charge is 1.00 e. The Bertz CT molecular complexity index is 912. The molecule has 0 nitrogen and oxygen atoms in total. The van der Waals surface area contributed by atoms with Crippen molar-refractivity contribution in [2.24, 2.45) is 0 Å². The summed E-state index contributed by atoms with van der Waals surface area (Å²) in [6.45, 7) is 9.55. The Morgan fingerprint density at radius 1 is 0.571 bits per heavy atom. The topological polar surface area (TPSA) is 0 Å². The summed E-state index contributed by atoms with van der Waals surface area (Å²) in [6, 6.07) is 18.8. The van der Waals surface area contributed by atoms with Crippen LogP contribution in [-0.4, -0.2) is 24.6 Å². The molecule has 0 radical (unpaired) electrons. The molecular formula is C30H40Cl2P2Zr. The van der Waals surface area contributed by atoms with E-state index in [1.165, 1.54) is 50.3 Å². The standard InChI is InChI=1S/2C15H20P.2ClH.Zr/c2*1-3-9-16(10-4-2)15-11-13-7-5-6-8-14(13)12-15;;;/h2*5-8,11-12H,3-4,9-10H2,1-2H3;2*1H;/q;;;;+2/p-2. The van der Waals surface area contributed by atoms with Gasteiger partial charge >= 0.3 is 218 Å². The molecule has 0 amide bonds. The van der Waals surface area contributed by atoms with Crippen LogP contribution in [0.4, 0.5) is 0 Å². The van der Waals surface area contributed by atoms with Crippen LogP contribution in [0.5, 0.6) is 0 Å². The maximum atomic E-state index is 2.66. The summed E-state index contributed by atoms with van der Waals surface area (Å²) in [5, 5.41) is 3.75. The van der Waals surface area contributed by atoms with Crippen LogP contribution in [-0.2, 0) is 23.2 Å². The van der Waals surface area contributed by atoms with Gasteiger partial charge in [0.25, 0.3) is 0 Å². The Balaban J connectivity index is 0.00000216. The molecule has 0 spiro atoms. The van der Waals surface area contributed by atoms with Crippen molar-refractivity contribution in [2.75, 3.05) is 24.6 Å². The maximum Gasteiger partial charge on any atom is -1.00 e. The monoisotopic (exact) mass is 622 g/mol. The van der Waals surface area contributed by atoms with E-state index in [4.69, 9.17) is 0 Å². The second-order valence-corrected chi connectivity index (χ2v) is 18.0. The minimum Gasteiger partial charge on any atom is -1.00 e. The first-order valence-corrected chi connectivity index (χ1v) is 19.3. The van der Waals surface area contributed by atoms with E-state index in [9.17, 15) is 0 Å². The van der Waals surface area contributed by atoms with E-state index in [2.05, 4.69) is 88.4 Å². The van der Waals surface area contributed by atoms with Gasteiger partial charge in [-0.1, -0.05) is 0 Å². The molecule has 0 N–H and O–H groups in total. The molecule has 188 valence electrons. The fourth-order valence-corrected chi connectivity index (χ4v) is 18.6. The number of hydrogen-bond acceptors (Lipinski definition) is 0. The molecule has 0 fully saturated rings. The Hall–Kier alpha value is 0.243. The second-order valence-electron chi connectivity index (χ2n) is 9.40. The van der Waals surface area contributed by atoms with Crippen LogP contribution < -0.4 is 24.8 Å². The smallest absolute Gasteiger partial charge is 1.00 e. The molecule has 0 saturated carbocycles. The van der Waals surface area contributed by atoms with E-state index in [0.717, 1.165) is 7.25 Å². The van der Waals surface area contributed by atoms with Gasteiger partial charge < -0.3 is 24.8 Å². The summed E-state index contributed by atoms with van der Waals surface area (Å²) in [4.78, 5) is 0. The van der Waals surface area contributed by atoms with Crippen LogP contribution in [0, 0.1) is 0 Å². The van der Waals surface area contributed by atoms with Crippen molar-refractivity contribution in [3.8, 4) is 0 Å². The van der Waals surface area contributed by atoms with Gasteiger partial charge in [-0.25, -0.2) is 0 Å². The number of benzene rings is 2.